The number of aromatic nitrogens is 4. The molecule has 1 aromatic carbocycles. The number of nitrogens with zero attached hydrogens (tertiary/aromatic N) is 3. The zero-order valence-corrected chi connectivity index (χ0v) is 14.7. The number of pyridine rings is 1. The van der Waals surface area contributed by atoms with Crippen LogP contribution in [-0.4, -0.2) is 19.9 Å². The van der Waals surface area contributed by atoms with Crippen LogP contribution in [0.3, 0.4) is 0 Å². The summed E-state index contributed by atoms with van der Waals surface area (Å²) in [6.07, 6.45) is 3.47. The number of H-pyrrole nitrogens is 1. The first-order valence-corrected chi connectivity index (χ1v) is 8.61. The van der Waals surface area contributed by atoms with Crippen LogP contribution in [0.5, 0.6) is 0 Å². The third-order valence-electron chi connectivity index (χ3n) is 4.37. The maximum absolute atomic E-state index is 12.6. The van der Waals surface area contributed by atoms with Gasteiger partial charge in [0.25, 0.3) is 0 Å². The Morgan fingerprint density at radius 3 is 2.39 bits per heavy atom. The van der Waals surface area contributed by atoms with Crippen LogP contribution in [0, 0.1) is 0 Å². The minimum atomic E-state index is -4.33. The number of hydrogen-bond donors (Lipinski definition) is 2. The predicted molar refractivity (Wildman–Crippen MR) is 99.7 cm³/mol. The smallest absolute Gasteiger partial charge is 0.350 e. The molecule has 3 heterocycles. The van der Waals surface area contributed by atoms with Gasteiger partial charge in [-0.3, -0.25) is 0 Å². The first-order chi connectivity index (χ1) is 13.5. The number of anilines is 1. The van der Waals surface area contributed by atoms with Crippen molar-refractivity contribution < 1.29 is 13.2 Å². The van der Waals surface area contributed by atoms with Crippen molar-refractivity contribution in [2.24, 2.45) is 0 Å². The Bertz CT molecular complexity index is 1070. The molecule has 4 rings (SSSR count). The molecule has 0 atom stereocenters. The van der Waals surface area contributed by atoms with Gasteiger partial charge in [0.2, 0.25) is 5.95 Å². The summed E-state index contributed by atoms with van der Waals surface area (Å²) >= 11 is 0. The molecule has 3 aromatic heterocycles. The highest BCUT2D eigenvalue weighted by Crippen LogP contribution is 2.29. The molecule has 0 bridgehead atoms. The summed E-state index contributed by atoms with van der Waals surface area (Å²) in [5.74, 6) is 0.421. The third-order valence-corrected chi connectivity index (χ3v) is 4.37. The normalized spacial score (nSPS) is 11.7. The zero-order valence-electron chi connectivity index (χ0n) is 14.7. The largest absolute Gasteiger partial charge is 0.416 e. The molecule has 0 saturated heterocycles. The number of nitrogens with one attached hydrogen (secondary N) is 2. The summed E-state index contributed by atoms with van der Waals surface area (Å²) in [4.78, 5) is 16.0. The molecular formula is C20H16F3N5. The fourth-order valence-corrected chi connectivity index (χ4v) is 2.91. The SMILES string of the molecule is FC(F)(F)c1ccc(CNc2ncc(Cc3c[nH]c4ncccc34)cn2)cc1. The lowest BCUT2D eigenvalue weighted by Gasteiger charge is -2.09. The van der Waals surface area contributed by atoms with Crippen LogP contribution in [0.4, 0.5) is 19.1 Å². The van der Waals surface area contributed by atoms with E-state index < -0.39 is 11.7 Å². The van der Waals surface area contributed by atoms with E-state index in [0.29, 0.717) is 24.5 Å². The van der Waals surface area contributed by atoms with Crippen LogP contribution in [-0.2, 0) is 19.1 Å². The average molecular weight is 383 g/mol. The van der Waals surface area contributed by atoms with Crippen molar-refractivity contribution in [2.75, 3.05) is 5.32 Å². The lowest BCUT2D eigenvalue weighted by atomic mass is 10.1. The van der Waals surface area contributed by atoms with Crippen molar-refractivity contribution in [1.29, 1.82) is 0 Å². The van der Waals surface area contributed by atoms with Crippen LogP contribution in [0.2, 0.25) is 0 Å². The van der Waals surface area contributed by atoms with Crippen molar-refractivity contribution in [3.05, 3.63) is 83.4 Å². The van der Waals surface area contributed by atoms with Gasteiger partial charge in [-0.1, -0.05) is 12.1 Å². The molecule has 0 aliphatic rings. The Labute approximate surface area is 158 Å². The van der Waals surface area contributed by atoms with Gasteiger partial charge in [0, 0.05) is 43.1 Å². The number of hydrogen-bond acceptors (Lipinski definition) is 4. The van der Waals surface area contributed by atoms with Crippen LogP contribution >= 0.6 is 0 Å². The molecule has 0 radical (unpaired) electrons. The van der Waals surface area contributed by atoms with Crippen LogP contribution in [0.25, 0.3) is 11.0 Å². The fourth-order valence-electron chi connectivity index (χ4n) is 2.91. The monoisotopic (exact) mass is 383 g/mol. The number of fused-ring (bicyclic) bond motifs is 1. The zero-order chi connectivity index (χ0) is 19.6. The quantitative estimate of drug-likeness (QED) is 0.530. The van der Waals surface area contributed by atoms with E-state index >= 15 is 0 Å². The van der Waals surface area contributed by atoms with Gasteiger partial charge in [0.1, 0.15) is 5.65 Å². The molecule has 0 spiro atoms. The first kappa shape index (κ1) is 18.0. The molecule has 2 N–H and O–H groups in total. The van der Waals surface area contributed by atoms with E-state index in [1.807, 2.05) is 18.3 Å². The van der Waals surface area contributed by atoms with Crippen LogP contribution in [0.15, 0.2) is 61.2 Å². The van der Waals surface area contributed by atoms with Crippen LogP contribution in [0.1, 0.15) is 22.3 Å². The lowest BCUT2D eigenvalue weighted by molar-refractivity contribution is -0.137. The second-order valence-corrected chi connectivity index (χ2v) is 6.35. The molecule has 28 heavy (non-hydrogen) atoms. The minimum Gasteiger partial charge on any atom is -0.350 e. The van der Waals surface area contributed by atoms with Gasteiger partial charge in [0.05, 0.1) is 5.56 Å². The number of benzene rings is 1. The van der Waals surface area contributed by atoms with Gasteiger partial charge in [-0.05, 0) is 41.0 Å². The van der Waals surface area contributed by atoms with E-state index in [4.69, 9.17) is 0 Å². The molecule has 0 fully saturated rings. The van der Waals surface area contributed by atoms with E-state index in [9.17, 15) is 13.2 Å². The minimum absolute atomic E-state index is 0.339. The summed E-state index contributed by atoms with van der Waals surface area (Å²) in [5.41, 5.74) is 2.95. The van der Waals surface area contributed by atoms with Crippen molar-refractivity contribution in [3.63, 3.8) is 0 Å². The summed E-state index contributed by atoms with van der Waals surface area (Å²) in [6.45, 7) is 0.339. The van der Waals surface area contributed by atoms with Crippen molar-refractivity contribution in [2.45, 2.75) is 19.1 Å². The van der Waals surface area contributed by atoms with Crippen LogP contribution < -0.4 is 5.32 Å². The lowest BCUT2D eigenvalue weighted by Crippen LogP contribution is -2.06. The fraction of sp³-hybridized carbons (Fsp3) is 0.150. The standard InChI is InChI=1S/C20H16F3N5/c21-20(22,23)16-5-3-13(4-6-16)9-26-19-27-10-14(11-28-19)8-15-12-25-18-17(15)2-1-7-24-18/h1-7,10-12H,8-9H2,(H,24,25)(H,26,27,28). The third kappa shape index (κ3) is 3.95. The molecule has 0 amide bonds. The van der Waals surface area contributed by atoms with E-state index in [0.717, 1.165) is 34.3 Å². The number of halogens is 3. The Morgan fingerprint density at radius 1 is 0.929 bits per heavy atom. The summed E-state index contributed by atoms with van der Waals surface area (Å²) < 4.78 is 37.8. The Morgan fingerprint density at radius 2 is 1.68 bits per heavy atom. The van der Waals surface area contributed by atoms with Gasteiger partial charge >= 0.3 is 6.18 Å². The highest BCUT2D eigenvalue weighted by Gasteiger charge is 2.29. The number of aromatic amines is 1. The Balaban J connectivity index is 1.38. The van der Waals surface area contributed by atoms with Crippen molar-refractivity contribution in [1.82, 2.24) is 19.9 Å². The Kier molecular flexibility index (Phi) is 4.68. The summed E-state index contributed by atoms with van der Waals surface area (Å²) in [7, 11) is 0. The number of rotatable bonds is 5. The van der Waals surface area contributed by atoms with Gasteiger partial charge in [-0.15, -0.1) is 0 Å². The molecule has 0 aliphatic heterocycles. The maximum atomic E-state index is 12.6. The van der Waals surface area contributed by atoms with E-state index in [-0.39, 0.29) is 0 Å². The molecule has 0 unspecified atom stereocenters. The molecular weight excluding hydrogens is 367 g/mol. The van der Waals surface area contributed by atoms with Gasteiger partial charge in [0.15, 0.2) is 0 Å². The molecule has 8 heteroatoms. The van der Waals surface area contributed by atoms with E-state index in [1.54, 1.807) is 18.6 Å². The Hall–Kier alpha value is -3.42. The first-order valence-electron chi connectivity index (χ1n) is 8.61. The maximum Gasteiger partial charge on any atom is 0.416 e. The topological polar surface area (TPSA) is 66.5 Å². The molecule has 5 nitrogen and oxygen atoms in total. The van der Waals surface area contributed by atoms with Crippen molar-refractivity contribution >= 4 is 17.0 Å². The second kappa shape index (κ2) is 7.30. The average Bonchev–Trinajstić information content (AvgIpc) is 3.10. The number of alkyl halides is 3. The molecule has 4 aromatic rings. The predicted octanol–water partition coefficient (Wildman–Crippen LogP) is 4.57. The highest BCUT2D eigenvalue weighted by atomic mass is 19.4. The van der Waals surface area contributed by atoms with Gasteiger partial charge in [-0.2, -0.15) is 13.2 Å². The van der Waals surface area contributed by atoms with Gasteiger partial charge in [-0.25, -0.2) is 15.0 Å². The van der Waals surface area contributed by atoms with E-state index in [2.05, 4.69) is 25.3 Å². The molecule has 142 valence electrons. The highest BCUT2D eigenvalue weighted by molar-refractivity contribution is 5.79. The summed E-state index contributed by atoms with van der Waals surface area (Å²) in [6, 6.07) is 8.91. The summed E-state index contributed by atoms with van der Waals surface area (Å²) in [5, 5.41) is 4.08. The molecule has 0 saturated carbocycles. The second-order valence-electron chi connectivity index (χ2n) is 6.35. The van der Waals surface area contributed by atoms with Crippen molar-refractivity contribution in [3.8, 4) is 0 Å². The molecule has 0 aliphatic carbocycles. The van der Waals surface area contributed by atoms with Gasteiger partial charge < -0.3 is 10.3 Å². The van der Waals surface area contributed by atoms with E-state index in [1.165, 1.54) is 12.1 Å².